The first-order valence-corrected chi connectivity index (χ1v) is 33.5. The third kappa shape index (κ3) is 13.7. The van der Waals surface area contributed by atoms with Gasteiger partial charge in [0.05, 0.1) is 58.0 Å². The minimum absolute atomic E-state index is 0.0181. The van der Waals surface area contributed by atoms with E-state index in [1.807, 2.05) is 6.92 Å². The number of methoxy groups -OCH3 is 1. The topological polar surface area (TPSA) is 473 Å². The lowest BCUT2D eigenvalue weighted by atomic mass is 9.44. The average Bonchev–Trinajstić information content (AvgIpc) is 1.56. The van der Waals surface area contributed by atoms with Crippen LogP contribution in [-0.2, 0) is 66.3 Å². The van der Waals surface area contributed by atoms with Crippen LogP contribution in [0.3, 0.4) is 0 Å². The Morgan fingerprint density at radius 1 is 0.484 bits per heavy atom. The van der Waals surface area contributed by atoms with Crippen LogP contribution in [0, 0.1) is 52.3 Å². The lowest BCUT2D eigenvalue weighted by molar-refractivity contribution is -0.408. The van der Waals surface area contributed by atoms with Gasteiger partial charge in [-0.15, -0.1) is 0 Å². The Morgan fingerprint density at radius 3 is 1.68 bits per heavy atom. The van der Waals surface area contributed by atoms with Crippen molar-refractivity contribution in [2.75, 3.05) is 46.8 Å². The number of fused-ring (bicyclic) bond motifs is 7. The van der Waals surface area contributed by atoms with Crippen LogP contribution in [0.4, 0.5) is 0 Å². The molecule has 7 heterocycles. The summed E-state index contributed by atoms with van der Waals surface area (Å²) < 4.78 is 86.3. The maximum Gasteiger partial charge on any atom is 0.187 e. The van der Waals surface area contributed by atoms with Gasteiger partial charge in [-0.2, -0.15) is 0 Å². The van der Waals surface area contributed by atoms with Crippen LogP contribution < -0.4 is 0 Å². The van der Waals surface area contributed by atoms with Gasteiger partial charge in [-0.1, -0.05) is 27.7 Å². The van der Waals surface area contributed by atoms with Gasteiger partial charge in [-0.05, 0) is 111 Å². The fraction of sp³-hybridized carbons (Fsp3) is 1.00. The Hall–Kier alpha value is -1.24. The van der Waals surface area contributed by atoms with Crippen molar-refractivity contribution in [2.24, 2.45) is 52.3 Å². The number of aliphatic hydroxyl groups excluding tert-OH is 17. The maximum atomic E-state index is 12.7. The zero-order valence-corrected chi connectivity index (χ0v) is 53.5. The van der Waals surface area contributed by atoms with Gasteiger partial charge in [0.1, 0.15) is 128 Å². The first kappa shape index (κ1) is 73.0. The fourth-order valence-electron chi connectivity index (χ4n) is 18.3. The molecule has 31 nitrogen and oxygen atoms in total. The molecule has 4 saturated carbocycles. The highest BCUT2D eigenvalue weighted by atomic mass is 16.8. The van der Waals surface area contributed by atoms with Crippen LogP contribution in [0.15, 0.2) is 0 Å². The van der Waals surface area contributed by atoms with Crippen LogP contribution in [0.25, 0.3) is 0 Å². The van der Waals surface area contributed by atoms with Crippen molar-refractivity contribution >= 4 is 0 Å². The molecule has 93 heavy (non-hydrogen) atoms. The lowest BCUT2D eigenvalue weighted by Crippen LogP contribution is -2.68. The third-order valence-corrected chi connectivity index (χ3v) is 23.8. The maximum absolute atomic E-state index is 12.7. The van der Waals surface area contributed by atoms with Crippen molar-refractivity contribution in [2.45, 2.75) is 289 Å². The molecule has 0 radical (unpaired) electrons. The Labute approximate surface area is 539 Å². The standard InChI is InChI=1S/C62H104O31/c1-23(20-81-54-47(77)44(74)41(71)34(17-63)86-54)9-14-62(80-6)24(2)37-33(93-62)16-30-28-8-7-26-15-27(10-12-60(26,4)29(28)11-13-61(30,37)5)85-58-52(91-57-48(78)43(73)38(68)25(3)84-57)49(79)50(36(19-65)88-58)89-59-53(92-56-46(76)40(70)32(67)22-83-56)51(42(72)35(18-64)87-59)90-55-45(75)39(69)31(66)21-82-55/h23-59,63-79H,7-22H2,1-6H3. The van der Waals surface area contributed by atoms with E-state index >= 15 is 0 Å². The van der Waals surface area contributed by atoms with Gasteiger partial charge in [0.15, 0.2) is 43.5 Å². The van der Waals surface area contributed by atoms with Gasteiger partial charge in [0, 0.05) is 19.4 Å². The molecule has 11 rings (SSSR count). The van der Waals surface area contributed by atoms with Gasteiger partial charge in [0.2, 0.25) is 0 Å². The molecule has 17 N–H and O–H groups in total. The second kappa shape index (κ2) is 29.4. The molecule has 4 aliphatic carbocycles. The van der Waals surface area contributed by atoms with E-state index in [0.29, 0.717) is 43.4 Å². The second-order valence-electron chi connectivity index (χ2n) is 29.1. The molecule has 7 aliphatic heterocycles. The predicted molar refractivity (Wildman–Crippen MR) is 308 cm³/mol. The lowest BCUT2D eigenvalue weighted by Gasteiger charge is -2.61. The van der Waals surface area contributed by atoms with Crippen LogP contribution in [0.2, 0.25) is 0 Å². The highest BCUT2D eigenvalue weighted by Crippen LogP contribution is 2.71. The smallest absolute Gasteiger partial charge is 0.187 e. The molecule has 40 unspecified atom stereocenters. The third-order valence-electron chi connectivity index (χ3n) is 23.8. The van der Waals surface area contributed by atoms with Gasteiger partial charge < -0.3 is 153 Å². The van der Waals surface area contributed by atoms with Crippen molar-refractivity contribution in [3.63, 3.8) is 0 Å². The van der Waals surface area contributed by atoms with Gasteiger partial charge in [0.25, 0.3) is 0 Å². The van der Waals surface area contributed by atoms with Crippen molar-refractivity contribution in [1.29, 1.82) is 0 Å². The van der Waals surface area contributed by atoms with Crippen molar-refractivity contribution in [3.05, 3.63) is 0 Å². The van der Waals surface area contributed by atoms with Crippen molar-refractivity contribution in [3.8, 4) is 0 Å². The molecular weight excluding hydrogens is 1240 g/mol. The Balaban J connectivity index is 0.777. The van der Waals surface area contributed by atoms with Crippen LogP contribution in [-0.4, -0.2) is 324 Å². The summed E-state index contributed by atoms with van der Waals surface area (Å²) in [5.74, 6) is 0.855. The molecule has 11 fully saturated rings. The highest BCUT2D eigenvalue weighted by Gasteiger charge is 2.69. The Morgan fingerprint density at radius 2 is 1.03 bits per heavy atom. The second-order valence-corrected chi connectivity index (χ2v) is 29.1. The summed E-state index contributed by atoms with van der Waals surface area (Å²) in [6.45, 7) is 7.26. The molecule has 11 aliphatic rings. The SMILES string of the molecule is COC1(CCC(C)COC2OC(CO)C(O)C(O)C2O)OC2CC3C4CCC5CC(OC6OC(CO)C(OC7OC(CO)C(O)C(OC8OCC(O)C(O)C8O)C7OC7OCC(O)C(O)C7O)C(O)C6OC6OC(C)C(O)C(O)C6O)CCC5(C)C4CCC3(C)C2C1C. The minimum atomic E-state index is -1.96. The highest BCUT2D eigenvalue weighted by molar-refractivity contribution is 5.15. The summed E-state index contributed by atoms with van der Waals surface area (Å²) in [7, 11) is 1.70. The van der Waals surface area contributed by atoms with Crippen LogP contribution in [0.5, 0.6) is 0 Å². The van der Waals surface area contributed by atoms with E-state index in [1.165, 1.54) is 6.92 Å². The van der Waals surface area contributed by atoms with Crippen LogP contribution in [0.1, 0.15) is 98.8 Å². The van der Waals surface area contributed by atoms with E-state index in [-0.39, 0.29) is 47.2 Å². The van der Waals surface area contributed by atoms with E-state index in [0.717, 1.165) is 38.5 Å². The van der Waals surface area contributed by atoms with E-state index < -0.39 is 217 Å². The van der Waals surface area contributed by atoms with E-state index in [9.17, 15) is 86.8 Å². The van der Waals surface area contributed by atoms with E-state index in [2.05, 4.69) is 20.8 Å². The molecule has 0 bridgehead atoms. The minimum Gasteiger partial charge on any atom is -0.394 e. The summed E-state index contributed by atoms with van der Waals surface area (Å²) in [5, 5.41) is 183. The summed E-state index contributed by atoms with van der Waals surface area (Å²) in [5.41, 5.74) is -0.106. The zero-order chi connectivity index (χ0) is 67.1. The van der Waals surface area contributed by atoms with Gasteiger partial charge in [-0.25, -0.2) is 0 Å². The number of rotatable bonds is 20. The first-order chi connectivity index (χ1) is 44.1. The molecule has 0 amide bonds. The van der Waals surface area contributed by atoms with Gasteiger partial charge in [-0.3, -0.25) is 0 Å². The van der Waals surface area contributed by atoms with Gasteiger partial charge >= 0.3 is 0 Å². The first-order valence-electron chi connectivity index (χ1n) is 33.5. The average molecular weight is 1350 g/mol. The molecule has 0 aromatic heterocycles. The van der Waals surface area contributed by atoms with Crippen molar-refractivity contribution < 1.29 is 153 Å². The number of aliphatic hydroxyl groups is 17. The largest absolute Gasteiger partial charge is 0.394 e. The number of hydrogen-bond acceptors (Lipinski definition) is 31. The summed E-state index contributed by atoms with van der Waals surface area (Å²) >= 11 is 0. The van der Waals surface area contributed by atoms with E-state index in [4.69, 9.17) is 66.3 Å². The Kier molecular flexibility index (Phi) is 23.1. The molecular formula is C62H104O31. The molecule has 7 saturated heterocycles. The molecule has 31 heteroatoms. The summed E-state index contributed by atoms with van der Waals surface area (Å²) in [6, 6.07) is 0. The summed E-state index contributed by atoms with van der Waals surface area (Å²) in [4.78, 5) is 0. The quantitative estimate of drug-likeness (QED) is 0.0506. The van der Waals surface area contributed by atoms with Crippen molar-refractivity contribution in [1.82, 2.24) is 0 Å². The molecule has 0 aromatic carbocycles. The number of hydrogen-bond donors (Lipinski definition) is 17. The fourth-order valence-corrected chi connectivity index (χ4v) is 18.3. The molecule has 0 aromatic rings. The normalized spacial score (nSPS) is 55.4. The zero-order valence-electron chi connectivity index (χ0n) is 53.5. The van der Waals surface area contributed by atoms with E-state index in [1.54, 1.807) is 7.11 Å². The monoisotopic (exact) mass is 1340 g/mol. The predicted octanol–water partition coefficient (Wildman–Crippen LogP) is -5.35. The number of ether oxygens (including phenoxy) is 14. The summed E-state index contributed by atoms with van der Waals surface area (Å²) in [6.07, 6.45) is -39.3. The molecule has 40 atom stereocenters. The van der Waals surface area contributed by atoms with Crippen LogP contribution >= 0.6 is 0 Å². The Bertz CT molecular complexity index is 2410. The molecule has 538 valence electrons. The molecule has 0 spiro atoms.